The molecule has 2 fully saturated rings. The molecule has 2 N–H and O–H groups in total. The van der Waals surface area contributed by atoms with E-state index in [1.54, 1.807) is 0 Å². The summed E-state index contributed by atoms with van der Waals surface area (Å²) in [5, 5.41) is 6.27. The third-order valence-electron chi connectivity index (χ3n) is 4.40. The number of rotatable bonds is 3. The van der Waals surface area contributed by atoms with Gasteiger partial charge in [0.2, 0.25) is 0 Å². The molecule has 1 aromatic carbocycles. The second-order valence-corrected chi connectivity index (χ2v) is 5.85. The molecule has 1 aromatic rings. The summed E-state index contributed by atoms with van der Waals surface area (Å²) >= 11 is 0. The molecule has 0 saturated carbocycles. The van der Waals surface area contributed by atoms with Crippen LogP contribution in [0.4, 0.5) is 11.4 Å². The first kappa shape index (κ1) is 14.1. The van der Waals surface area contributed by atoms with E-state index in [9.17, 15) is 4.79 Å². The number of carbonyl (C=O) groups is 1. The number of anilines is 2. The normalized spacial score (nSPS) is 18.1. The van der Waals surface area contributed by atoms with E-state index in [-0.39, 0.29) is 5.91 Å². The third kappa shape index (κ3) is 3.10. The molecule has 0 aromatic heterocycles. The Morgan fingerprint density at radius 3 is 2.52 bits per heavy atom. The summed E-state index contributed by atoms with van der Waals surface area (Å²) < 4.78 is 0. The van der Waals surface area contributed by atoms with E-state index in [0.29, 0.717) is 0 Å². The van der Waals surface area contributed by atoms with Crippen molar-refractivity contribution in [1.29, 1.82) is 0 Å². The van der Waals surface area contributed by atoms with Crippen LogP contribution in [0.15, 0.2) is 35.4 Å². The summed E-state index contributed by atoms with van der Waals surface area (Å²) in [6.07, 6.45) is 3.78. The Hall–Kier alpha value is -1.81. The number of nitrogens with zero attached hydrogens (tertiary/aromatic N) is 1. The summed E-state index contributed by atoms with van der Waals surface area (Å²) in [6, 6.07) is 8.13. The Balaban J connectivity index is 1.77. The fourth-order valence-electron chi connectivity index (χ4n) is 2.88. The van der Waals surface area contributed by atoms with Crippen molar-refractivity contribution in [3.05, 3.63) is 35.4 Å². The number of amides is 1. The van der Waals surface area contributed by atoms with Crippen molar-refractivity contribution in [3.63, 3.8) is 0 Å². The minimum atomic E-state index is 0.0240. The Labute approximate surface area is 126 Å². The van der Waals surface area contributed by atoms with Crippen LogP contribution in [0, 0.1) is 0 Å². The van der Waals surface area contributed by atoms with E-state index in [2.05, 4.69) is 21.6 Å². The van der Waals surface area contributed by atoms with Crippen molar-refractivity contribution in [2.45, 2.75) is 26.2 Å². The van der Waals surface area contributed by atoms with E-state index in [0.717, 1.165) is 43.1 Å². The first-order chi connectivity index (χ1) is 10.3. The van der Waals surface area contributed by atoms with Crippen molar-refractivity contribution in [1.82, 2.24) is 5.32 Å². The predicted octanol–water partition coefficient (Wildman–Crippen LogP) is 2.54. The quantitative estimate of drug-likeness (QED) is 0.839. The molecule has 2 aliphatic rings. The van der Waals surface area contributed by atoms with Gasteiger partial charge in [-0.15, -0.1) is 0 Å². The van der Waals surface area contributed by atoms with Crippen LogP contribution in [0.3, 0.4) is 0 Å². The molecule has 0 atom stereocenters. The smallest absolute Gasteiger partial charge is 0.251 e. The van der Waals surface area contributed by atoms with Crippen molar-refractivity contribution in [2.24, 2.45) is 0 Å². The zero-order valence-electron chi connectivity index (χ0n) is 12.6. The van der Waals surface area contributed by atoms with Crippen molar-refractivity contribution in [2.75, 3.05) is 36.4 Å². The maximum absolute atomic E-state index is 12.4. The fourth-order valence-corrected chi connectivity index (χ4v) is 2.88. The van der Waals surface area contributed by atoms with Crippen LogP contribution in [0.5, 0.6) is 0 Å². The summed E-state index contributed by atoms with van der Waals surface area (Å²) in [7, 11) is 0. The van der Waals surface area contributed by atoms with Gasteiger partial charge in [-0.25, -0.2) is 0 Å². The van der Waals surface area contributed by atoms with Crippen LogP contribution in [-0.4, -0.2) is 32.1 Å². The van der Waals surface area contributed by atoms with Gasteiger partial charge >= 0.3 is 0 Å². The number of piperidine rings is 1. The number of benzene rings is 1. The largest absolute Gasteiger partial charge is 0.370 e. The molecule has 4 nitrogen and oxygen atoms in total. The molecule has 2 aliphatic heterocycles. The highest BCUT2D eigenvalue weighted by Gasteiger charge is 2.19. The lowest BCUT2D eigenvalue weighted by Gasteiger charge is -2.30. The highest BCUT2D eigenvalue weighted by Crippen LogP contribution is 2.28. The topological polar surface area (TPSA) is 44.4 Å². The third-order valence-corrected chi connectivity index (χ3v) is 4.40. The summed E-state index contributed by atoms with van der Waals surface area (Å²) in [6.45, 7) is 5.75. The highest BCUT2D eigenvalue weighted by molar-refractivity contribution is 6.05. The van der Waals surface area contributed by atoms with Gasteiger partial charge in [0.05, 0.1) is 11.4 Å². The average Bonchev–Trinajstić information content (AvgIpc) is 2.47. The number of hydrogen-bond donors (Lipinski definition) is 2. The SMILES string of the molecule is CC(C(=O)Nc1ccccc1N1CCCCC1)=C1CNC1. The van der Waals surface area contributed by atoms with Gasteiger partial charge in [0.1, 0.15) is 0 Å². The van der Waals surface area contributed by atoms with Gasteiger partial charge in [-0.05, 0) is 43.9 Å². The van der Waals surface area contributed by atoms with Gasteiger partial charge in [0.25, 0.3) is 5.91 Å². The monoisotopic (exact) mass is 285 g/mol. The second kappa shape index (κ2) is 6.31. The summed E-state index contributed by atoms with van der Waals surface area (Å²) in [4.78, 5) is 14.7. The first-order valence-corrected chi connectivity index (χ1v) is 7.80. The summed E-state index contributed by atoms with van der Waals surface area (Å²) in [5.74, 6) is 0.0240. The van der Waals surface area contributed by atoms with Crippen molar-refractivity contribution >= 4 is 17.3 Å². The molecular weight excluding hydrogens is 262 g/mol. The molecular formula is C17H23N3O. The zero-order valence-corrected chi connectivity index (χ0v) is 12.6. The molecule has 3 rings (SSSR count). The van der Waals surface area contributed by atoms with Gasteiger partial charge in [0, 0.05) is 31.8 Å². The lowest BCUT2D eigenvalue weighted by atomic mass is 10.0. The van der Waals surface area contributed by atoms with Crippen molar-refractivity contribution in [3.8, 4) is 0 Å². The van der Waals surface area contributed by atoms with E-state index in [1.165, 1.54) is 24.8 Å². The van der Waals surface area contributed by atoms with Crippen molar-refractivity contribution < 1.29 is 4.79 Å². The van der Waals surface area contributed by atoms with Crippen LogP contribution in [0.1, 0.15) is 26.2 Å². The van der Waals surface area contributed by atoms with Gasteiger partial charge in [0.15, 0.2) is 0 Å². The molecule has 1 amide bonds. The Kier molecular flexibility index (Phi) is 4.25. The Bertz CT molecular complexity index is 553. The molecule has 2 saturated heterocycles. The van der Waals surface area contributed by atoms with Crippen LogP contribution in [-0.2, 0) is 4.79 Å². The summed E-state index contributed by atoms with van der Waals surface area (Å²) in [5.41, 5.74) is 4.14. The van der Waals surface area contributed by atoms with Crippen LogP contribution >= 0.6 is 0 Å². The second-order valence-electron chi connectivity index (χ2n) is 5.85. The predicted molar refractivity (Wildman–Crippen MR) is 86.7 cm³/mol. The molecule has 0 spiro atoms. The van der Waals surface area contributed by atoms with E-state index in [4.69, 9.17) is 0 Å². The van der Waals surface area contributed by atoms with Gasteiger partial charge in [-0.2, -0.15) is 0 Å². The first-order valence-electron chi connectivity index (χ1n) is 7.80. The number of carbonyl (C=O) groups excluding carboxylic acids is 1. The lowest BCUT2D eigenvalue weighted by Crippen LogP contribution is -2.36. The minimum absolute atomic E-state index is 0.0240. The standard InChI is InChI=1S/C17H23N3O/c1-13(14-11-18-12-14)17(21)19-15-7-3-4-8-16(15)20-9-5-2-6-10-20/h3-4,7-8,18H,2,5-6,9-12H2,1H3,(H,19,21). The van der Waals surface area contributed by atoms with Crippen LogP contribution in [0.25, 0.3) is 0 Å². The van der Waals surface area contributed by atoms with Gasteiger partial charge < -0.3 is 15.5 Å². The zero-order chi connectivity index (χ0) is 14.7. The number of nitrogens with one attached hydrogen (secondary N) is 2. The van der Waals surface area contributed by atoms with Crippen LogP contribution in [0.2, 0.25) is 0 Å². The van der Waals surface area contributed by atoms with E-state index in [1.807, 2.05) is 25.1 Å². The average molecular weight is 285 g/mol. The molecule has 0 unspecified atom stereocenters. The molecule has 21 heavy (non-hydrogen) atoms. The molecule has 0 aliphatic carbocycles. The highest BCUT2D eigenvalue weighted by atomic mass is 16.1. The maximum atomic E-state index is 12.4. The molecule has 0 radical (unpaired) electrons. The Morgan fingerprint density at radius 2 is 1.86 bits per heavy atom. The van der Waals surface area contributed by atoms with E-state index >= 15 is 0 Å². The molecule has 0 bridgehead atoms. The van der Waals surface area contributed by atoms with E-state index < -0.39 is 0 Å². The number of para-hydroxylation sites is 2. The Morgan fingerprint density at radius 1 is 1.14 bits per heavy atom. The van der Waals surface area contributed by atoms with Crippen LogP contribution < -0.4 is 15.5 Å². The molecule has 2 heterocycles. The maximum Gasteiger partial charge on any atom is 0.251 e. The molecule has 112 valence electrons. The fraction of sp³-hybridized carbons (Fsp3) is 0.471. The van der Waals surface area contributed by atoms with Gasteiger partial charge in [-0.3, -0.25) is 4.79 Å². The molecule has 4 heteroatoms. The van der Waals surface area contributed by atoms with Gasteiger partial charge in [-0.1, -0.05) is 12.1 Å². The minimum Gasteiger partial charge on any atom is -0.370 e. The number of hydrogen-bond acceptors (Lipinski definition) is 3. The lowest BCUT2D eigenvalue weighted by molar-refractivity contribution is -0.112.